The Labute approximate surface area is 449 Å². The number of carbonyl (C=O) groups excluding carboxylic acids is 1. The molecule has 3 aromatic heterocycles. The second-order valence-electron chi connectivity index (χ2n) is 24.3. The molecular weight excluding hydrogens is 929 g/mol. The Morgan fingerprint density at radius 3 is 1.11 bits per heavy atom. The summed E-state index contributed by atoms with van der Waals surface area (Å²) in [4.78, 5) is 31.7. The number of hydrogen-bond donors (Lipinski definition) is 2. The summed E-state index contributed by atoms with van der Waals surface area (Å²) in [5.41, 5.74) is 21.7. The zero-order valence-electron chi connectivity index (χ0n) is 46.3. The molecule has 0 atom stereocenters. The van der Waals surface area contributed by atoms with E-state index in [-0.39, 0.29) is 21.7 Å². The lowest BCUT2D eigenvalue weighted by Crippen LogP contribution is -2.10. The van der Waals surface area contributed by atoms with Crippen LogP contribution < -0.4 is 0 Å². The summed E-state index contributed by atoms with van der Waals surface area (Å²) in [6.07, 6.45) is 6.46. The lowest BCUT2D eigenvalue weighted by atomic mass is 9.86. The molecule has 8 aromatic rings. The Hall–Kier alpha value is -8.27. The molecule has 76 heavy (non-hydrogen) atoms. The van der Waals surface area contributed by atoms with E-state index in [1.165, 1.54) is 29.4 Å². The van der Waals surface area contributed by atoms with Crippen LogP contribution in [0.4, 0.5) is 0 Å². The quantitative estimate of drug-likeness (QED) is 0.133. The number of allylic oxidation sites excluding steroid dienone is 1. The van der Waals surface area contributed by atoms with Crippen LogP contribution in [0.15, 0.2) is 146 Å². The third-order valence-electron chi connectivity index (χ3n) is 14.7. The fourth-order valence-corrected chi connectivity index (χ4v) is 10.1. The number of nitrogens with one attached hydrogen (secondary N) is 2. The third kappa shape index (κ3) is 10.3. The van der Waals surface area contributed by atoms with E-state index < -0.39 is 5.97 Å². The van der Waals surface area contributed by atoms with Crippen molar-refractivity contribution < 1.29 is 9.53 Å². The van der Waals surface area contributed by atoms with E-state index >= 15 is 0 Å². The van der Waals surface area contributed by atoms with E-state index in [0.29, 0.717) is 5.56 Å². The Bertz CT molecular complexity index is 3840. The number of H-pyrrole nitrogens is 2. The van der Waals surface area contributed by atoms with Crippen molar-refractivity contribution in [3.05, 3.63) is 202 Å². The summed E-state index contributed by atoms with van der Waals surface area (Å²) in [5.74, 6) is 6.67. The van der Waals surface area contributed by atoms with E-state index in [9.17, 15) is 4.79 Å². The van der Waals surface area contributed by atoms with Gasteiger partial charge in [0.25, 0.3) is 0 Å². The molecule has 5 heterocycles. The first kappa shape index (κ1) is 51.2. The Kier molecular flexibility index (Phi) is 13.1. The molecule has 380 valence electrons. The van der Waals surface area contributed by atoms with Gasteiger partial charge in [0.15, 0.2) is 0 Å². The fourth-order valence-electron chi connectivity index (χ4n) is 10.1. The Balaban J connectivity index is 1.37. The summed E-state index contributed by atoms with van der Waals surface area (Å²) >= 11 is 0. The smallest absolute Gasteiger partial charge is 0.337 e. The minimum Gasteiger partial charge on any atom is -0.465 e. The average molecular weight is 997 g/mol. The summed E-state index contributed by atoms with van der Waals surface area (Å²) in [7, 11) is 1.39. The summed E-state index contributed by atoms with van der Waals surface area (Å²) in [6, 6.07) is 51.6. The monoisotopic (exact) mass is 997 g/mol. The van der Waals surface area contributed by atoms with Crippen LogP contribution in [0.25, 0.3) is 90.4 Å². The molecule has 6 heteroatoms. The van der Waals surface area contributed by atoms with E-state index in [1.807, 2.05) is 12.1 Å². The number of aromatic nitrogens is 4. The lowest BCUT2D eigenvalue weighted by molar-refractivity contribution is 0.0600. The van der Waals surface area contributed by atoms with Gasteiger partial charge in [0.05, 0.1) is 41.0 Å². The van der Waals surface area contributed by atoms with Crippen LogP contribution in [0.1, 0.15) is 144 Å². The number of carbonyl (C=O) groups is 1. The maximum absolute atomic E-state index is 12.4. The average Bonchev–Trinajstić information content (AvgIpc) is 4.25. The van der Waals surface area contributed by atoms with Crippen LogP contribution in [-0.2, 0) is 26.4 Å². The largest absolute Gasteiger partial charge is 0.465 e. The Morgan fingerprint density at radius 2 is 0.750 bits per heavy atom. The molecule has 2 N–H and O–H groups in total. The zero-order valence-corrected chi connectivity index (χ0v) is 46.3. The topological polar surface area (TPSA) is 83.7 Å². The van der Waals surface area contributed by atoms with Crippen molar-refractivity contribution in [3.63, 3.8) is 0 Å². The van der Waals surface area contributed by atoms with Crippen molar-refractivity contribution in [2.75, 3.05) is 7.11 Å². The van der Waals surface area contributed by atoms with Crippen molar-refractivity contribution in [1.29, 1.82) is 0 Å². The van der Waals surface area contributed by atoms with E-state index in [0.717, 1.165) is 100 Å². The van der Waals surface area contributed by atoms with Gasteiger partial charge in [-0.15, -0.1) is 0 Å². The maximum atomic E-state index is 12.4. The standard InChI is InChI=1S/C70H68N4O2/c1-67(2,3)50-28-20-44(21-29-50)61-54-36-37-55(71-54)62(45-22-30-51(31-23-45)68(4,5)6)57-40-41-59(73-57)64(47-26-34-53(35-27-47)70(10,11)12)65-49(19-16-43-14-17-48(18-15-43)66(75)76-13)42-60(74-65)63(58-39-38-56(61)72-58)46-24-32-52(33-25-46)69(7,8)9/h14-15,17-18,20-42,72-73H,1-13H3. The molecule has 0 amide bonds. The molecule has 10 rings (SSSR count). The molecule has 0 saturated heterocycles. The molecule has 0 aliphatic carbocycles. The predicted molar refractivity (Wildman–Crippen MR) is 319 cm³/mol. The first-order valence-electron chi connectivity index (χ1n) is 26.4. The number of methoxy groups -OCH3 is 1. The summed E-state index contributed by atoms with van der Waals surface area (Å²) < 4.78 is 5.01. The number of fused-ring (bicyclic) bond motifs is 8. The third-order valence-corrected chi connectivity index (χ3v) is 14.7. The number of ether oxygens (including phenoxy) is 1. The van der Waals surface area contributed by atoms with Gasteiger partial charge < -0.3 is 14.7 Å². The van der Waals surface area contributed by atoms with Gasteiger partial charge in [-0.1, -0.05) is 192 Å². The minimum absolute atomic E-state index is 0.0143. The van der Waals surface area contributed by atoms with Crippen molar-refractivity contribution in [1.82, 2.24) is 19.9 Å². The SMILES string of the molecule is COC(=O)c1ccc(C#CC2=Cc3nc2c(-c2ccc(C(C)(C)C)cc2)c2ccc([nH]2)c(-c2ccc(C(C)(C)C)cc2)c2nc(c(-c4ccc(C(C)(C)C)cc4)c4ccc([nH]4)c3-c3ccc(C(C)(C)C)cc3)C=C2)cc1. The second-order valence-corrected chi connectivity index (χ2v) is 24.3. The molecule has 0 fully saturated rings. The highest BCUT2D eigenvalue weighted by atomic mass is 16.5. The van der Waals surface area contributed by atoms with Crippen LogP contribution in [0.5, 0.6) is 0 Å². The number of nitrogens with zero attached hydrogens (tertiary/aromatic N) is 2. The first-order valence-corrected chi connectivity index (χ1v) is 26.4. The van der Waals surface area contributed by atoms with Crippen LogP contribution >= 0.6 is 0 Å². The van der Waals surface area contributed by atoms with Crippen molar-refractivity contribution in [3.8, 4) is 56.3 Å². The number of hydrogen-bond acceptors (Lipinski definition) is 4. The van der Waals surface area contributed by atoms with Crippen molar-refractivity contribution in [2.45, 2.75) is 105 Å². The molecule has 2 aliphatic rings. The number of benzene rings is 5. The van der Waals surface area contributed by atoms with Crippen molar-refractivity contribution >= 4 is 51.8 Å². The molecule has 0 spiro atoms. The summed E-state index contributed by atoms with van der Waals surface area (Å²) in [6.45, 7) is 26.9. The second kappa shape index (κ2) is 19.5. The van der Waals surface area contributed by atoms with Gasteiger partial charge in [0, 0.05) is 49.9 Å². The Morgan fingerprint density at radius 1 is 0.408 bits per heavy atom. The van der Waals surface area contributed by atoms with Crippen LogP contribution in [0.3, 0.4) is 0 Å². The van der Waals surface area contributed by atoms with Gasteiger partial charge >= 0.3 is 5.97 Å². The van der Waals surface area contributed by atoms with Gasteiger partial charge in [-0.2, -0.15) is 0 Å². The molecule has 5 aromatic carbocycles. The number of aromatic amines is 2. The first-order chi connectivity index (χ1) is 36.0. The molecular formula is C70H68N4O2. The molecule has 2 aliphatic heterocycles. The molecule has 0 unspecified atom stereocenters. The van der Waals surface area contributed by atoms with Gasteiger partial charge in [-0.05, 0) is 133 Å². The van der Waals surface area contributed by atoms with E-state index in [4.69, 9.17) is 14.7 Å². The van der Waals surface area contributed by atoms with Gasteiger partial charge in [0.1, 0.15) is 0 Å². The van der Waals surface area contributed by atoms with Gasteiger partial charge in [-0.25, -0.2) is 14.8 Å². The molecule has 0 radical (unpaired) electrons. The van der Waals surface area contributed by atoms with Crippen LogP contribution in [0, 0.1) is 11.8 Å². The van der Waals surface area contributed by atoms with Crippen molar-refractivity contribution in [2.24, 2.45) is 0 Å². The van der Waals surface area contributed by atoms with Crippen LogP contribution in [0.2, 0.25) is 0 Å². The number of esters is 1. The predicted octanol–water partition coefficient (Wildman–Crippen LogP) is 17.7. The summed E-state index contributed by atoms with van der Waals surface area (Å²) in [5, 5.41) is 0. The van der Waals surface area contributed by atoms with Crippen LogP contribution in [-0.4, -0.2) is 33.0 Å². The fraction of sp³-hybridized carbons (Fsp3) is 0.243. The van der Waals surface area contributed by atoms with Gasteiger partial charge in [-0.3, -0.25) is 0 Å². The highest BCUT2D eigenvalue weighted by Crippen LogP contribution is 2.42. The zero-order chi connectivity index (χ0) is 53.9. The normalized spacial score (nSPS) is 12.8. The van der Waals surface area contributed by atoms with E-state index in [1.54, 1.807) is 12.1 Å². The molecule has 0 saturated carbocycles. The highest BCUT2D eigenvalue weighted by molar-refractivity contribution is 6.05. The van der Waals surface area contributed by atoms with Gasteiger partial charge in [0.2, 0.25) is 0 Å². The molecule has 8 bridgehead atoms. The molecule has 6 nitrogen and oxygen atoms in total. The lowest BCUT2D eigenvalue weighted by Gasteiger charge is -2.19. The minimum atomic E-state index is -0.393. The number of rotatable bonds is 5. The van der Waals surface area contributed by atoms with E-state index in [2.05, 4.69) is 244 Å². The highest BCUT2D eigenvalue weighted by Gasteiger charge is 2.25. The maximum Gasteiger partial charge on any atom is 0.337 e.